The quantitative estimate of drug-likeness (QED) is 0.183. The van der Waals surface area contributed by atoms with Crippen molar-refractivity contribution in [3.63, 3.8) is 0 Å². The van der Waals surface area contributed by atoms with E-state index in [-0.39, 0.29) is 32.7 Å². The fourth-order valence-electron chi connectivity index (χ4n) is 6.67. The maximum atomic E-state index is 12.4. The Bertz CT molecular complexity index is 2050. The van der Waals surface area contributed by atoms with Gasteiger partial charge in [0.25, 0.3) is 0 Å². The summed E-state index contributed by atoms with van der Waals surface area (Å²) < 4.78 is 0. The first-order chi connectivity index (χ1) is 24.3. The number of nitrogens with one attached hydrogen (secondary N) is 2. The normalized spacial score (nSPS) is 18.1. The van der Waals surface area contributed by atoms with Crippen LogP contribution in [-0.4, -0.2) is 32.3 Å². The SMILES string of the molecule is O=C([O-])C1(c2ccccc2O)Nc2ccccc2N1c1ccccc1.O=C([O-])C1(c2ccccc2O)Nc2ccccc2N1c1ccccc1.[Be+2]. The van der Waals surface area contributed by atoms with Gasteiger partial charge in [-0.2, -0.15) is 0 Å². The summed E-state index contributed by atoms with van der Waals surface area (Å²) in [6.07, 6.45) is 0. The first-order valence-electron chi connectivity index (χ1n) is 15.7. The number of benzene rings is 6. The van der Waals surface area contributed by atoms with Crippen LogP contribution in [0.2, 0.25) is 0 Å². The van der Waals surface area contributed by atoms with E-state index in [4.69, 9.17) is 0 Å². The minimum atomic E-state index is -1.75. The van der Waals surface area contributed by atoms with Gasteiger partial charge in [0.05, 0.1) is 34.7 Å². The molecule has 11 heteroatoms. The van der Waals surface area contributed by atoms with Gasteiger partial charge in [-0.25, -0.2) is 0 Å². The molecule has 0 radical (unpaired) electrons. The average molecular weight is 672 g/mol. The number of carboxylic acid groups (broad SMARTS) is 2. The molecule has 6 aromatic rings. The van der Waals surface area contributed by atoms with Gasteiger partial charge in [0.15, 0.2) is 11.3 Å². The Morgan fingerprint density at radius 2 is 0.784 bits per heavy atom. The van der Waals surface area contributed by atoms with Gasteiger partial charge in [-0.1, -0.05) is 97.1 Å². The Balaban J connectivity index is 0.000000172. The van der Waals surface area contributed by atoms with Crippen LogP contribution in [0.15, 0.2) is 158 Å². The molecule has 51 heavy (non-hydrogen) atoms. The molecule has 2 atom stereocenters. The molecule has 0 aliphatic carbocycles. The number of hydrogen-bond acceptors (Lipinski definition) is 10. The van der Waals surface area contributed by atoms with E-state index in [1.165, 1.54) is 12.1 Å². The van der Waals surface area contributed by atoms with Gasteiger partial charge >= 0.3 is 10.1 Å². The summed E-state index contributed by atoms with van der Waals surface area (Å²) in [7, 11) is 0. The number of anilines is 6. The minimum absolute atomic E-state index is 0. The maximum absolute atomic E-state index is 12.4. The number of carboxylic acids is 2. The van der Waals surface area contributed by atoms with E-state index in [0.717, 1.165) is 0 Å². The number of aliphatic carboxylic acids is 2. The number of phenolic OH excluding ortho intramolecular Hbond substituents is 2. The van der Waals surface area contributed by atoms with Gasteiger partial charge in [0, 0.05) is 22.5 Å². The molecule has 2 aliphatic heterocycles. The zero-order valence-corrected chi connectivity index (χ0v) is 27.1. The number of para-hydroxylation sites is 8. The molecule has 2 heterocycles. The van der Waals surface area contributed by atoms with E-state index >= 15 is 0 Å². The molecule has 0 amide bonds. The van der Waals surface area contributed by atoms with E-state index in [1.807, 2.05) is 97.1 Å². The van der Waals surface area contributed by atoms with Gasteiger partial charge in [-0.15, -0.1) is 0 Å². The molecule has 0 saturated carbocycles. The molecule has 6 aromatic carbocycles. The van der Waals surface area contributed by atoms with Crippen molar-refractivity contribution >= 4 is 56.2 Å². The van der Waals surface area contributed by atoms with Crippen molar-refractivity contribution in [3.8, 4) is 11.5 Å². The third-order valence-electron chi connectivity index (χ3n) is 8.80. The van der Waals surface area contributed by atoms with Crippen molar-refractivity contribution in [3.05, 3.63) is 169 Å². The predicted octanol–water partition coefficient (Wildman–Crippen LogP) is 4.74. The van der Waals surface area contributed by atoms with Crippen LogP contribution in [0.1, 0.15) is 11.1 Å². The Morgan fingerprint density at radius 1 is 0.471 bits per heavy atom. The van der Waals surface area contributed by atoms with Crippen LogP contribution in [-0.2, 0) is 20.9 Å². The molecule has 0 fully saturated rings. The van der Waals surface area contributed by atoms with Crippen LogP contribution in [0.3, 0.4) is 0 Å². The average Bonchev–Trinajstić information content (AvgIpc) is 3.68. The fraction of sp³-hybridized carbons (Fsp3) is 0.0500. The van der Waals surface area contributed by atoms with Crippen LogP contribution >= 0.6 is 0 Å². The Hall–Kier alpha value is -6.77. The summed E-state index contributed by atoms with van der Waals surface area (Å²) in [5.74, 6) is -2.94. The fourth-order valence-corrected chi connectivity index (χ4v) is 6.67. The molecule has 0 bridgehead atoms. The maximum Gasteiger partial charge on any atom is 2.00 e. The summed E-state index contributed by atoms with van der Waals surface area (Å²) in [5.41, 5.74) is 0.970. The second-order valence-electron chi connectivity index (χ2n) is 11.7. The zero-order chi connectivity index (χ0) is 34.9. The minimum Gasteiger partial charge on any atom is -0.545 e. The van der Waals surface area contributed by atoms with Gasteiger partial charge in [0.1, 0.15) is 11.5 Å². The number of carbonyl (C=O) groups excluding carboxylic acids is 2. The summed E-state index contributed by atoms with van der Waals surface area (Å²) in [6.45, 7) is 0. The van der Waals surface area contributed by atoms with E-state index in [9.17, 15) is 30.0 Å². The van der Waals surface area contributed by atoms with Crippen molar-refractivity contribution in [1.29, 1.82) is 0 Å². The molecule has 248 valence electrons. The molecule has 0 aromatic heterocycles. The molecule has 0 saturated heterocycles. The van der Waals surface area contributed by atoms with Crippen LogP contribution in [0, 0.1) is 0 Å². The smallest absolute Gasteiger partial charge is 0.545 e. The third-order valence-corrected chi connectivity index (χ3v) is 8.80. The number of phenols is 2. The molecule has 4 N–H and O–H groups in total. The number of aromatic hydroxyl groups is 2. The van der Waals surface area contributed by atoms with Crippen LogP contribution in [0.5, 0.6) is 11.5 Å². The predicted molar refractivity (Wildman–Crippen MR) is 193 cm³/mol. The number of fused-ring (bicyclic) bond motifs is 2. The van der Waals surface area contributed by atoms with E-state index in [2.05, 4.69) is 10.6 Å². The van der Waals surface area contributed by atoms with Crippen LogP contribution in [0.25, 0.3) is 0 Å². The largest absolute Gasteiger partial charge is 2.00 e. The third kappa shape index (κ3) is 5.53. The topological polar surface area (TPSA) is 151 Å². The molecule has 2 aliphatic rings. The van der Waals surface area contributed by atoms with Crippen LogP contribution < -0.4 is 30.6 Å². The van der Waals surface area contributed by atoms with E-state index in [1.54, 1.807) is 58.3 Å². The van der Waals surface area contributed by atoms with Crippen molar-refractivity contribution < 1.29 is 30.0 Å². The molecule has 8 rings (SSSR count). The van der Waals surface area contributed by atoms with Crippen molar-refractivity contribution in [2.24, 2.45) is 0 Å². The summed E-state index contributed by atoms with van der Waals surface area (Å²) >= 11 is 0. The second-order valence-corrected chi connectivity index (χ2v) is 11.7. The Kier molecular flexibility index (Phi) is 9.11. The number of nitrogens with zero attached hydrogens (tertiary/aromatic N) is 2. The van der Waals surface area contributed by atoms with Gasteiger partial charge < -0.3 is 50.4 Å². The molecular weight excluding hydrogens is 641 g/mol. The summed E-state index contributed by atoms with van der Waals surface area (Å²) in [6, 6.07) is 45.7. The standard InChI is InChI=1S/2C20H16N2O3.Be/c2*23-18-13-7-4-10-15(18)20(19(24)25)21-16-11-5-6-12-17(16)22(20)14-8-2-1-3-9-14;/h2*1-13,21,23H,(H,24,25);/q;;+2/p-2. The van der Waals surface area contributed by atoms with Crippen LogP contribution in [0.4, 0.5) is 34.1 Å². The summed E-state index contributed by atoms with van der Waals surface area (Å²) in [5, 5.41) is 51.7. The van der Waals surface area contributed by atoms with Gasteiger partial charge in [-0.3, -0.25) is 0 Å². The van der Waals surface area contributed by atoms with Crippen molar-refractivity contribution in [1.82, 2.24) is 0 Å². The molecule has 0 spiro atoms. The molecule has 2 unspecified atom stereocenters. The number of rotatable bonds is 6. The number of carbonyl (C=O) groups is 2. The second kappa shape index (κ2) is 13.6. The monoisotopic (exact) mass is 671 g/mol. The van der Waals surface area contributed by atoms with Gasteiger partial charge in [-0.05, 0) is 60.7 Å². The molecule has 10 nitrogen and oxygen atoms in total. The first-order valence-corrected chi connectivity index (χ1v) is 15.7. The Labute approximate surface area is 297 Å². The number of hydrogen-bond donors (Lipinski definition) is 4. The Morgan fingerprint density at radius 3 is 1.14 bits per heavy atom. The summed E-state index contributed by atoms with van der Waals surface area (Å²) in [4.78, 5) is 28.1. The zero-order valence-electron chi connectivity index (χ0n) is 27.1. The van der Waals surface area contributed by atoms with Crippen molar-refractivity contribution in [2.45, 2.75) is 11.3 Å². The molecular formula is C40H30BeN4O6. The van der Waals surface area contributed by atoms with Gasteiger partial charge in [0.2, 0.25) is 0 Å². The van der Waals surface area contributed by atoms with Crippen molar-refractivity contribution in [2.75, 3.05) is 20.4 Å². The first kappa shape index (κ1) is 34.1. The van der Waals surface area contributed by atoms with E-state index < -0.39 is 23.3 Å². The van der Waals surface area contributed by atoms with E-state index in [0.29, 0.717) is 34.1 Å².